The van der Waals surface area contributed by atoms with Crippen molar-refractivity contribution in [1.82, 2.24) is 0 Å². The number of rotatable bonds is 5. The van der Waals surface area contributed by atoms with Gasteiger partial charge < -0.3 is 11.1 Å². The van der Waals surface area contributed by atoms with Gasteiger partial charge in [0.05, 0.1) is 15.7 Å². The number of nitrogens with two attached hydrogens (primary N) is 1. The van der Waals surface area contributed by atoms with Gasteiger partial charge in [-0.25, -0.2) is 4.39 Å². The van der Waals surface area contributed by atoms with Crippen LogP contribution in [0.2, 0.25) is 10.0 Å². The molecule has 6 heteroatoms. The van der Waals surface area contributed by atoms with Crippen LogP contribution < -0.4 is 11.1 Å². The Morgan fingerprint density at radius 1 is 1.44 bits per heavy atom. The van der Waals surface area contributed by atoms with E-state index in [0.29, 0.717) is 6.54 Å². The number of hydrogen-bond acceptors (Lipinski definition) is 2. The summed E-state index contributed by atoms with van der Waals surface area (Å²) >= 11 is 11.6. The van der Waals surface area contributed by atoms with E-state index in [0.717, 1.165) is 18.6 Å². The molecule has 1 amide bonds. The number of hydrogen-bond donors (Lipinski definition) is 2. The molecule has 18 heavy (non-hydrogen) atoms. The first kappa shape index (κ1) is 15.2. The van der Waals surface area contributed by atoms with Gasteiger partial charge in [-0.05, 0) is 24.6 Å². The average molecular weight is 293 g/mol. The normalized spacial score (nSPS) is 12.3. The van der Waals surface area contributed by atoms with Crippen LogP contribution in [0.25, 0.3) is 0 Å². The van der Waals surface area contributed by atoms with Gasteiger partial charge in [-0.3, -0.25) is 4.79 Å². The zero-order valence-electron chi connectivity index (χ0n) is 9.97. The van der Waals surface area contributed by atoms with Crippen molar-refractivity contribution >= 4 is 34.8 Å². The molecule has 3 nitrogen and oxygen atoms in total. The minimum atomic E-state index is -0.545. The molecule has 0 aliphatic heterocycles. The number of halogens is 3. The van der Waals surface area contributed by atoms with E-state index >= 15 is 0 Å². The second-order valence-electron chi connectivity index (χ2n) is 4.01. The molecule has 0 spiro atoms. The summed E-state index contributed by atoms with van der Waals surface area (Å²) in [5, 5.41) is 2.74. The molecule has 1 rings (SSSR count). The molecule has 3 N–H and O–H groups in total. The SMILES string of the molecule is CCC(CN)CC(=O)Nc1c(Cl)cc(F)cc1Cl. The monoisotopic (exact) mass is 292 g/mol. The van der Waals surface area contributed by atoms with Crippen LogP contribution in [-0.2, 0) is 4.79 Å². The van der Waals surface area contributed by atoms with Crippen LogP contribution in [0, 0.1) is 11.7 Å². The van der Waals surface area contributed by atoms with Crippen molar-refractivity contribution in [3.05, 3.63) is 28.0 Å². The Morgan fingerprint density at radius 3 is 2.44 bits per heavy atom. The van der Waals surface area contributed by atoms with Crippen molar-refractivity contribution in [2.24, 2.45) is 11.7 Å². The highest BCUT2D eigenvalue weighted by atomic mass is 35.5. The molecular weight excluding hydrogens is 278 g/mol. The number of carbonyl (C=O) groups is 1. The molecule has 0 fully saturated rings. The molecule has 0 aliphatic carbocycles. The quantitative estimate of drug-likeness (QED) is 0.873. The van der Waals surface area contributed by atoms with Gasteiger partial charge in [-0.15, -0.1) is 0 Å². The van der Waals surface area contributed by atoms with Gasteiger partial charge in [0, 0.05) is 6.42 Å². The predicted molar refractivity (Wildman–Crippen MR) is 72.5 cm³/mol. The number of amides is 1. The summed E-state index contributed by atoms with van der Waals surface area (Å²) in [5.41, 5.74) is 5.76. The molecule has 0 aromatic heterocycles. The van der Waals surface area contributed by atoms with E-state index in [1.54, 1.807) is 0 Å². The lowest BCUT2D eigenvalue weighted by atomic mass is 10.0. The van der Waals surface area contributed by atoms with Crippen molar-refractivity contribution in [2.45, 2.75) is 19.8 Å². The maximum atomic E-state index is 13.0. The second-order valence-corrected chi connectivity index (χ2v) is 4.82. The Bertz CT molecular complexity index is 413. The summed E-state index contributed by atoms with van der Waals surface area (Å²) in [7, 11) is 0. The summed E-state index contributed by atoms with van der Waals surface area (Å²) in [6.45, 7) is 2.40. The van der Waals surface area contributed by atoms with Crippen molar-refractivity contribution < 1.29 is 9.18 Å². The highest BCUT2D eigenvalue weighted by molar-refractivity contribution is 6.39. The van der Waals surface area contributed by atoms with Crippen molar-refractivity contribution in [3.8, 4) is 0 Å². The Morgan fingerprint density at radius 2 is 2.00 bits per heavy atom. The van der Waals surface area contributed by atoms with Gasteiger partial charge in [0.2, 0.25) is 5.91 Å². The van der Waals surface area contributed by atoms with Gasteiger partial charge in [-0.2, -0.15) is 0 Å². The lowest BCUT2D eigenvalue weighted by Gasteiger charge is -2.13. The molecular formula is C12H15Cl2FN2O. The van der Waals surface area contributed by atoms with Crippen molar-refractivity contribution in [1.29, 1.82) is 0 Å². The molecule has 0 heterocycles. The van der Waals surface area contributed by atoms with E-state index in [1.165, 1.54) is 0 Å². The minimum absolute atomic E-state index is 0.0779. The van der Waals surface area contributed by atoms with E-state index in [4.69, 9.17) is 28.9 Å². The fourth-order valence-corrected chi connectivity index (χ4v) is 2.06. The lowest BCUT2D eigenvalue weighted by Crippen LogP contribution is -2.22. The van der Waals surface area contributed by atoms with Crippen LogP contribution in [0.15, 0.2) is 12.1 Å². The zero-order chi connectivity index (χ0) is 13.7. The summed E-state index contributed by atoms with van der Waals surface area (Å²) < 4.78 is 13.0. The van der Waals surface area contributed by atoms with Gasteiger partial charge in [0.1, 0.15) is 5.82 Å². The van der Waals surface area contributed by atoms with Gasteiger partial charge in [0.25, 0.3) is 0 Å². The molecule has 0 radical (unpaired) electrons. The van der Waals surface area contributed by atoms with Crippen molar-refractivity contribution in [3.63, 3.8) is 0 Å². The van der Waals surface area contributed by atoms with Crippen molar-refractivity contribution in [2.75, 3.05) is 11.9 Å². The van der Waals surface area contributed by atoms with Crippen LogP contribution in [-0.4, -0.2) is 12.5 Å². The standard InChI is InChI=1S/C12H15Cl2FN2O/c1-2-7(6-16)3-11(18)17-12-9(13)4-8(15)5-10(12)14/h4-5,7H,2-3,6,16H2,1H3,(H,17,18). The van der Waals surface area contributed by atoms with E-state index in [2.05, 4.69) is 5.32 Å². The number of benzene rings is 1. The Kier molecular flexibility index (Phi) is 5.85. The second kappa shape index (κ2) is 6.92. The summed E-state index contributed by atoms with van der Waals surface area (Å²) in [5.74, 6) is -0.665. The Labute approximate surface area is 115 Å². The van der Waals surface area contributed by atoms with Crippen LogP contribution in [0.5, 0.6) is 0 Å². The molecule has 0 saturated heterocycles. The topological polar surface area (TPSA) is 55.1 Å². The van der Waals surface area contributed by atoms with Crippen LogP contribution >= 0.6 is 23.2 Å². The first-order chi connectivity index (χ1) is 8.47. The fraction of sp³-hybridized carbons (Fsp3) is 0.417. The van der Waals surface area contributed by atoms with Gasteiger partial charge in [0.15, 0.2) is 0 Å². The molecule has 0 aliphatic rings. The van der Waals surface area contributed by atoms with E-state index in [1.807, 2.05) is 6.92 Å². The molecule has 100 valence electrons. The molecule has 1 aromatic carbocycles. The fourth-order valence-electron chi connectivity index (χ4n) is 1.51. The van der Waals surface area contributed by atoms with Crippen LogP contribution in [0.1, 0.15) is 19.8 Å². The molecule has 1 aromatic rings. The summed E-state index contributed by atoms with van der Waals surface area (Å²) in [6, 6.07) is 2.20. The van der Waals surface area contributed by atoms with E-state index < -0.39 is 5.82 Å². The maximum Gasteiger partial charge on any atom is 0.224 e. The zero-order valence-corrected chi connectivity index (χ0v) is 11.5. The lowest BCUT2D eigenvalue weighted by molar-refractivity contribution is -0.117. The highest BCUT2D eigenvalue weighted by Crippen LogP contribution is 2.31. The maximum absolute atomic E-state index is 13.0. The minimum Gasteiger partial charge on any atom is -0.330 e. The predicted octanol–water partition coefficient (Wildman–Crippen LogP) is 3.45. The summed E-state index contributed by atoms with van der Waals surface area (Å²) in [6.07, 6.45) is 1.10. The third-order valence-electron chi connectivity index (χ3n) is 2.66. The number of anilines is 1. The molecule has 0 saturated carbocycles. The van der Waals surface area contributed by atoms with Crippen LogP contribution in [0.3, 0.4) is 0 Å². The largest absolute Gasteiger partial charge is 0.330 e. The highest BCUT2D eigenvalue weighted by Gasteiger charge is 2.14. The van der Waals surface area contributed by atoms with E-state index in [-0.39, 0.29) is 34.0 Å². The van der Waals surface area contributed by atoms with Crippen LogP contribution in [0.4, 0.5) is 10.1 Å². The number of nitrogens with one attached hydrogen (secondary N) is 1. The molecule has 1 atom stereocenters. The third-order valence-corrected chi connectivity index (χ3v) is 3.25. The first-order valence-electron chi connectivity index (χ1n) is 5.62. The summed E-state index contributed by atoms with van der Waals surface area (Å²) in [4.78, 5) is 11.8. The Balaban J connectivity index is 2.76. The third kappa shape index (κ3) is 4.12. The van der Waals surface area contributed by atoms with Gasteiger partial charge in [-0.1, -0.05) is 36.5 Å². The number of carbonyl (C=O) groups excluding carboxylic acids is 1. The Hall–Kier alpha value is -0.840. The molecule has 0 bridgehead atoms. The average Bonchev–Trinajstić information content (AvgIpc) is 2.30. The van der Waals surface area contributed by atoms with E-state index in [9.17, 15) is 9.18 Å². The van der Waals surface area contributed by atoms with Gasteiger partial charge >= 0.3 is 0 Å². The first-order valence-corrected chi connectivity index (χ1v) is 6.38. The molecule has 1 unspecified atom stereocenters. The smallest absolute Gasteiger partial charge is 0.224 e.